The highest BCUT2D eigenvalue weighted by molar-refractivity contribution is 5.94. The summed E-state index contributed by atoms with van der Waals surface area (Å²) in [6.07, 6.45) is 3.19. The van der Waals surface area contributed by atoms with E-state index in [1.165, 1.54) is 0 Å². The minimum absolute atomic E-state index is 0.0877. The first-order valence-electron chi connectivity index (χ1n) is 7.70. The molecule has 0 radical (unpaired) electrons. The molecule has 1 saturated heterocycles. The van der Waals surface area contributed by atoms with E-state index in [0.717, 1.165) is 0 Å². The maximum atomic E-state index is 12.6. The third-order valence-electron chi connectivity index (χ3n) is 4.18. The third kappa shape index (κ3) is 3.51. The van der Waals surface area contributed by atoms with Gasteiger partial charge < -0.3 is 14.7 Å². The quantitative estimate of drug-likeness (QED) is 0.943. The van der Waals surface area contributed by atoms with Gasteiger partial charge in [0.25, 0.3) is 5.91 Å². The van der Waals surface area contributed by atoms with Crippen LogP contribution >= 0.6 is 0 Å². The van der Waals surface area contributed by atoms with Crippen molar-refractivity contribution in [1.82, 2.24) is 9.88 Å². The summed E-state index contributed by atoms with van der Waals surface area (Å²) >= 11 is 0. The first-order valence-corrected chi connectivity index (χ1v) is 7.70. The standard InChI is InChI=1S/C18H20N2O3/c1-18(22)9-11-20(17(21)14-6-5-10-19-12-14)13-16(18)23-15-7-3-2-4-8-15/h2-8,10,12,16,22H,9,11,13H2,1H3/t16-,18-/m1/s1. The zero-order valence-electron chi connectivity index (χ0n) is 13.1. The molecule has 2 atom stereocenters. The van der Waals surface area contributed by atoms with E-state index in [1.54, 1.807) is 36.4 Å². The maximum absolute atomic E-state index is 12.6. The van der Waals surface area contributed by atoms with E-state index in [9.17, 15) is 9.90 Å². The molecule has 120 valence electrons. The Morgan fingerprint density at radius 3 is 2.78 bits per heavy atom. The predicted octanol–water partition coefficient (Wildman–Crippen LogP) is 2.13. The molecule has 23 heavy (non-hydrogen) atoms. The van der Waals surface area contributed by atoms with E-state index >= 15 is 0 Å². The monoisotopic (exact) mass is 312 g/mol. The Kier molecular flexibility index (Phi) is 4.30. The van der Waals surface area contributed by atoms with E-state index in [-0.39, 0.29) is 5.91 Å². The second kappa shape index (κ2) is 6.38. The van der Waals surface area contributed by atoms with Gasteiger partial charge in [-0.1, -0.05) is 18.2 Å². The summed E-state index contributed by atoms with van der Waals surface area (Å²) in [6.45, 7) is 2.59. The Bertz CT molecular complexity index is 658. The third-order valence-corrected chi connectivity index (χ3v) is 4.18. The summed E-state index contributed by atoms with van der Waals surface area (Å²) in [5.41, 5.74) is -0.422. The number of carbonyl (C=O) groups excluding carboxylic acids is 1. The second-order valence-corrected chi connectivity index (χ2v) is 6.02. The van der Waals surface area contributed by atoms with Gasteiger partial charge in [0, 0.05) is 18.9 Å². The molecule has 2 heterocycles. The van der Waals surface area contributed by atoms with Gasteiger partial charge in [0.1, 0.15) is 17.5 Å². The fourth-order valence-electron chi connectivity index (χ4n) is 2.69. The van der Waals surface area contributed by atoms with Crippen LogP contribution in [0.1, 0.15) is 23.7 Å². The van der Waals surface area contributed by atoms with Crippen molar-refractivity contribution in [3.05, 3.63) is 60.4 Å². The number of para-hydroxylation sites is 1. The van der Waals surface area contributed by atoms with Gasteiger partial charge in [-0.25, -0.2) is 0 Å². The summed E-state index contributed by atoms with van der Waals surface area (Å²) in [5, 5.41) is 10.6. The summed E-state index contributed by atoms with van der Waals surface area (Å²) in [4.78, 5) is 18.3. The van der Waals surface area contributed by atoms with Crippen LogP contribution in [0.5, 0.6) is 5.75 Å². The molecular formula is C18H20N2O3. The van der Waals surface area contributed by atoms with E-state index in [0.29, 0.717) is 30.8 Å². The molecule has 1 aliphatic rings. The first kappa shape index (κ1) is 15.5. The SMILES string of the molecule is C[C@@]1(O)CCN(C(=O)c2cccnc2)C[C@H]1Oc1ccccc1. The van der Waals surface area contributed by atoms with E-state index in [2.05, 4.69) is 4.98 Å². The second-order valence-electron chi connectivity index (χ2n) is 6.02. The Hall–Kier alpha value is -2.40. The molecule has 3 rings (SSSR count). The number of amides is 1. The van der Waals surface area contributed by atoms with Crippen molar-refractivity contribution in [2.75, 3.05) is 13.1 Å². The van der Waals surface area contributed by atoms with Crippen molar-refractivity contribution in [1.29, 1.82) is 0 Å². The highest BCUT2D eigenvalue weighted by atomic mass is 16.5. The van der Waals surface area contributed by atoms with Crippen LogP contribution in [0.15, 0.2) is 54.9 Å². The zero-order chi connectivity index (χ0) is 16.3. The van der Waals surface area contributed by atoms with Gasteiger partial charge in [-0.3, -0.25) is 9.78 Å². The number of carbonyl (C=O) groups is 1. The highest BCUT2D eigenvalue weighted by Gasteiger charge is 2.41. The van der Waals surface area contributed by atoms with Crippen molar-refractivity contribution in [3.8, 4) is 5.75 Å². The number of hydrogen-bond acceptors (Lipinski definition) is 4. The van der Waals surface area contributed by atoms with Gasteiger partial charge >= 0.3 is 0 Å². The summed E-state index contributed by atoms with van der Waals surface area (Å²) in [6, 6.07) is 12.8. The van der Waals surface area contributed by atoms with Crippen molar-refractivity contribution < 1.29 is 14.6 Å². The smallest absolute Gasteiger partial charge is 0.255 e. The van der Waals surface area contributed by atoms with Gasteiger partial charge in [0.15, 0.2) is 0 Å². The number of aromatic nitrogens is 1. The summed E-state index contributed by atoms with van der Waals surface area (Å²) < 4.78 is 5.93. The normalized spacial score (nSPS) is 24.3. The Morgan fingerprint density at radius 2 is 2.09 bits per heavy atom. The Balaban J connectivity index is 1.75. The lowest BCUT2D eigenvalue weighted by molar-refractivity contribution is -0.0881. The number of rotatable bonds is 3. The van der Waals surface area contributed by atoms with Gasteiger partial charge in [-0.15, -0.1) is 0 Å². The average molecular weight is 312 g/mol. The minimum Gasteiger partial charge on any atom is -0.486 e. The lowest BCUT2D eigenvalue weighted by Crippen LogP contribution is -2.57. The van der Waals surface area contributed by atoms with Crippen LogP contribution in [0.2, 0.25) is 0 Å². The molecule has 0 bridgehead atoms. The number of benzene rings is 1. The minimum atomic E-state index is -0.971. The van der Waals surface area contributed by atoms with E-state index in [4.69, 9.17) is 4.74 Å². The van der Waals surface area contributed by atoms with Crippen molar-refractivity contribution in [2.24, 2.45) is 0 Å². The summed E-state index contributed by atoms with van der Waals surface area (Å²) in [7, 11) is 0. The molecule has 1 N–H and O–H groups in total. The number of hydrogen-bond donors (Lipinski definition) is 1. The average Bonchev–Trinajstić information content (AvgIpc) is 2.58. The van der Waals surface area contributed by atoms with Gasteiger partial charge in [-0.2, -0.15) is 0 Å². The largest absolute Gasteiger partial charge is 0.486 e. The van der Waals surface area contributed by atoms with Crippen LogP contribution in [0, 0.1) is 0 Å². The number of nitrogens with zero attached hydrogens (tertiary/aromatic N) is 2. The van der Waals surface area contributed by atoms with Crippen molar-refractivity contribution >= 4 is 5.91 Å². The zero-order valence-corrected chi connectivity index (χ0v) is 13.1. The van der Waals surface area contributed by atoms with Crippen LogP contribution < -0.4 is 4.74 Å². The molecule has 2 aromatic rings. The molecule has 1 amide bonds. The molecule has 1 aromatic heterocycles. The van der Waals surface area contributed by atoms with Crippen LogP contribution in [0.3, 0.4) is 0 Å². The van der Waals surface area contributed by atoms with Gasteiger partial charge in [-0.05, 0) is 37.6 Å². The van der Waals surface area contributed by atoms with Crippen molar-refractivity contribution in [3.63, 3.8) is 0 Å². The lowest BCUT2D eigenvalue weighted by Gasteiger charge is -2.42. The molecule has 1 fully saturated rings. The molecule has 1 aliphatic heterocycles. The maximum Gasteiger partial charge on any atom is 0.255 e. The molecule has 1 aromatic carbocycles. The number of pyridine rings is 1. The molecule has 0 saturated carbocycles. The number of aliphatic hydroxyl groups is 1. The number of ether oxygens (including phenoxy) is 1. The number of likely N-dealkylation sites (tertiary alicyclic amines) is 1. The van der Waals surface area contributed by atoms with Crippen LogP contribution in [0.4, 0.5) is 0 Å². The lowest BCUT2D eigenvalue weighted by atomic mass is 9.90. The Morgan fingerprint density at radius 1 is 1.30 bits per heavy atom. The van der Waals surface area contributed by atoms with Crippen LogP contribution in [0.25, 0.3) is 0 Å². The molecule has 0 unspecified atom stereocenters. The van der Waals surface area contributed by atoms with Gasteiger partial charge in [0.2, 0.25) is 0 Å². The topological polar surface area (TPSA) is 62.7 Å². The van der Waals surface area contributed by atoms with E-state index in [1.807, 2.05) is 30.3 Å². The van der Waals surface area contributed by atoms with Crippen LogP contribution in [-0.2, 0) is 0 Å². The molecule has 5 nitrogen and oxygen atoms in total. The Labute approximate surface area is 135 Å². The predicted molar refractivity (Wildman–Crippen MR) is 86.2 cm³/mol. The highest BCUT2D eigenvalue weighted by Crippen LogP contribution is 2.27. The molecular weight excluding hydrogens is 292 g/mol. The molecule has 5 heteroatoms. The van der Waals surface area contributed by atoms with Crippen LogP contribution in [-0.4, -0.2) is 45.7 Å². The number of piperidine rings is 1. The van der Waals surface area contributed by atoms with Gasteiger partial charge in [0.05, 0.1) is 12.1 Å². The van der Waals surface area contributed by atoms with E-state index < -0.39 is 11.7 Å². The fourth-order valence-corrected chi connectivity index (χ4v) is 2.69. The summed E-state index contributed by atoms with van der Waals surface area (Å²) in [5.74, 6) is 0.601. The molecule has 0 aliphatic carbocycles. The first-order chi connectivity index (χ1) is 11.1. The van der Waals surface area contributed by atoms with Crippen molar-refractivity contribution in [2.45, 2.75) is 25.0 Å². The molecule has 0 spiro atoms. The fraction of sp³-hybridized carbons (Fsp3) is 0.333.